The first-order chi connectivity index (χ1) is 15.7. The van der Waals surface area contributed by atoms with E-state index in [0.29, 0.717) is 35.6 Å². The van der Waals surface area contributed by atoms with Crippen molar-refractivity contribution < 1.29 is 23.2 Å². The van der Waals surface area contributed by atoms with Gasteiger partial charge in [0.15, 0.2) is 0 Å². The maximum atomic E-state index is 12.0. The summed E-state index contributed by atoms with van der Waals surface area (Å²) >= 11 is 0. The maximum absolute atomic E-state index is 12.0. The molecule has 0 spiro atoms. The predicted octanol–water partition coefficient (Wildman–Crippen LogP) is -0.0978. The Morgan fingerprint density at radius 1 is 1.21 bits per heavy atom. The monoisotopic (exact) mass is 470 g/mol. The molecule has 0 saturated carbocycles. The number of fused-ring (bicyclic) bond motifs is 1. The van der Waals surface area contributed by atoms with Crippen LogP contribution in [0.4, 0.5) is 17.6 Å². The molecule has 4 rings (SSSR count). The highest BCUT2D eigenvalue weighted by Gasteiger charge is 2.33. The summed E-state index contributed by atoms with van der Waals surface area (Å²) in [6, 6.07) is 11.7. The molecule has 1 aliphatic heterocycles. The molecule has 11 nitrogen and oxygen atoms in total. The van der Waals surface area contributed by atoms with Crippen LogP contribution in [0.2, 0.25) is 0 Å². The van der Waals surface area contributed by atoms with Crippen molar-refractivity contribution in [3.05, 3.63) is 53.6 Å². The predicted molar refractivity (Wildman–Crippen MR) is 123 cm³/mol. The zero-order chi connectivity index (χ0) is 23.8. The molecule has 1 atom stereocenters. The molecule has 0 aliphatic carbocycles. The van der Waals surface area contributed by atoms with Crippen molar-refractivity contribution in [1.82, 2.24) is 15.0 Å². The third-order valence-electron chi connectivity index (χ3n) is 5.32. The third-order valence-corrected chi connectivity index (χ3v) is 6.31. The third kappa shape index (κ3) is 4.76. The fourth-order valence-corrected chi connectivity index (χ4v) is 4.65. The first-order valence-electron chi connectivity index (χ1n) is 10.1. The summed E-state index contributed by atoms with van der Waals surface area (Å²) in [5.41, 5.74) is 2.43. The van der Waals surface area contributed by atoms with Gasteiger partial charge in [-0.25, -0.2) is 13.6 Å². The number of nitrogens with two attached hydrogens (primary N) is 1. The zero-order valence-electron chi connectivity index (χ0n) is 18.0. The van der Waals surface area contributed by atoms with Crippen LogP contribution in [0.1, 0.15) is 18.1 Å². The SMILES string of the molecule is COc1nc(NCc2cccc(B(O)O)c2)nc(N2c3cccc(S(N)(=O)=O)c3CC2C)n1. The van der Waals surface area contributed by atoms with Gasteiger partial charge in [0.05, 0.1) is 12.0 Å². The number of primary sulfonamides is 1. The average molecular weight is 470 g/mol. The van der Waals surface area contributed by atoms with E-state index in [1.54, 1.807) is 30.3 Å². The van der Waals surface area contributed by atoms with Gasteiger partial charge in [0.2, 0.25) is 21.9 Å². The minimum absolute atomic E-state index is 0.0830. The lowest BCUT2D eigenvalue weighted by atomic mass is 9.80. The van der Waals surface area contributed by atoms with Crippen LogP contribution < -0.4 is 25.6 Å². The molecule has 3 aromatic rings. The minimum Gasteiger partial charge on any atom is -0.467 e. The van der Waals surface area contributed by atoms with Crippen LogP contribution in [-0.2, 0) is 23.0 Å². The molecule has 0 saturated heterocycles. The summed E-state index contributed by atoms with van der Waals surface area (Å²) < 4.78 is 29.3. The number of hydrogen-bond donors (Lipinski definition) is 4. The number of ether oxygens (including phenoxy) is 1. The topological polar surface area (TPSA) is 164 Å². The molecule has 0 fully saturated rings. The second-order valence-electron chi connectivity index (χ2n) is 7.64. The number of methoxy groups -OCH3 is 1. The quantitative estimate of drug-likeness (QED) is 0.343. The number of anilines is 3. The van der Waals surface area contributed by atoms with E-state index in [2.05, 4.69) is 20.3 Å². The molecule has 1 unspecified atom stereocenters. The van der Waals surface area contributed by atoms with Gasteiger partial charge < -0.3 is 25.0 Å². The van der Waals surface area contributed by atoms with Gasteiger partial charge in [0, 0.05) is 18.3 Å². The van der Waals surface area contributed by atoms with Gasteiger partial charge in [-0.1, -0.05) is 30.3 Å². The van der Waals surface area contributed by atoms with E-state index in [4.69, 9.17) is 9.88 Å². The van der Waals surface area contributed by atoms with Gasteiger partial charge in [-0.2, -0.15) is 15.0 Å². The first kappa shape index (κ1) is 22.9. The van der Waals surface area contributed by atoms with Crippen LogP contribution in [-0.4, -0.2) is 53.7 Å². The van der Waals surface area contributed by atoms with Crippen molar-refractivity contribution in [2.75, 3.05) is 17.3 Å². The van der Waals surface area contributed by atoms with Crippen molar-refractivity contribution in [3.8, 4) is 6.01 Å². The second-order valence-corrected chi connectivity index (χ2v) is 9.17. The number of nitrogens with zero attached hydrogens (tertiary/aromatic N) is 4. The molecular formula is C20H23BN6O5S. The Balaban J connectivity index is 1.67. The smallest absolute Gasteiger partial charge is 0.467 e. The molecule has 0 bridgehead atoms. The molecule has 33 heavy (non-hydrogen) atoms. The molecule has 5 N–H and O–H groups in total. The lowest BCUT2D eigenvalue weighted by Gasteiger charge is -2.23. The molecule has 1 aromatic heterocycles. The molecule has 2 aromatic carbocycles. The highest BCUT2D eigenvalue weighted by molar-refractivity contribution is 7.89. The van der Waals surface area contributed by atoms with Gasteiger partial charge in [0.1, 0.15) is 0 Å². The van der Waals surface area contributed by atoms with Gasteiger partial charge in [-0.05, 0) is 42.1 Å². The molecular weight excluding hydrogens is 447 g/mol. The van der Waals surface area contributed by atoms with Crippen LogP contribution in [0.15, 0.2) is 47.4 Å². The summed E-state index contributed by atoms with van der Waals surface area (Å²) in [7, 11) is -4.00. The van der Waals surface area contributed by atoms with Crippen molar-refractivity contribution >= 4 is 40.2 Å². The highest BCUT2D eigenvalue weighted by Crippen LogP contribution is 2.40. The Bertz CT molecular complexity index is 1290. The molecule has 2 heterocycles. The largest absolute Gasteiger partial charge is 0.488 e. The fraction of sp³-hybridized carbons (Fsp3) is 0.250. The van der Waals surface area contributed by atoms with E-state index >= 15 is 0 Å². The minimum atomic E-state index is -3.88. The number of hydrogen-bond acceptors (Lipinski definition) is 10. The Morgan fingerprint density at radius 2 is 1.97 bits per heavy atom. The standard InChI is InChI=1S/C20H23BN6O5S/c1-12-9-15-16(7-4-8-17(15)33(22,30)31)27(12)19-24-18(25-20(26-19)32-2)23-11-13-5-3-6-14(10-13)21(28)29/h3-8,10,12,28-29H,9,11H2,1-2H3,(H2,22,30,31)(H,23,24,25,26). The molecule has 1 aliphatic rings. The van der Waals surface area contributed by atoms with Gasteiger partial charge in [-0.15, -0.1) is 0 Å². The summed E-state index contributed by atoms with van der Waals surface area (Å²) in [4.78, 5) is 15.0. The van der Waals surface area contributed by atoms with Gasteiger partial charge in [0.25, 0.3) is 0 Å². The lowest BCUT2D eigenvalue weighted by Crippen LogP contribution is -2.30. The van der Waals surface area contributed by atoms with Crippen molar-refractivity contribution in [2.24, 2.45) is 5.14 Å². The maximum Gasteiger partial charge on any atom is 0.488 e. The number of aromatic nitrogens is 3. The van der Waals surface area contributed by atoms with Crippen molar-refractivity contribution in [3.63, 3.8) is 0 Å². The van der Waals surface area contributed by atoms with Crippen LogP contribution in [0.25, 0.3) is 0 Å². The van der Waals surface area contributed by atoms with E-state index in [1.807, 2.05) is 17.9 Å². The highest BCUT2D eigenvalue weighted by atomic mass is 32.2. The van der Waals surface area contributed by atoms with E-state index in [0.717, 1.165) is 5.56 Å². The van der Waals surface area contributed by atoms with Crippen molar-refractivity contribution in [1.29, 1.82) is 0 Å². The van der Waals surface area contributed by atoms with Gasteiger partial charge >= 0.3 is 13.1 Å². The number of benzene rings is 2. The summed E-state index contributed by atoms with van der Waals surface area (Å²) in [6.45, 7) is 2.25. The number of sulfonamides is 1. The Hall–Kier alpha value is -3.26. The van der Waals surface area contributed by atoms with E-state index in [1.165, 1.54) is 13.2 Å². The molecule has 0 amide bonds. The lowest BCUT2D eigenvalue weighted by molar-refractivity contribution is 0.379. The molecule has 0 radical (unpaired) electrons. The first-order valence-corrected chi connectivity index (χ1v) is 11.6. The van der Waals surface area contributed by atoms with E-state index in [-0.39, 0.29) is 22.9 Å². The van der Waals surface area contributed by atoms with Crippen LogP contribution >= 0.6 is 0 Å². The number of rotatable bonds is 7. The van der Waals surface area contributed by atoms with Crippen LogP contribution in [0, 0.1) is 0 Å². The van der Waals surface area contributed by atoms with Crippen LogP contribution in [0.5, 0.6) is 6.01 Å². The molecule has 172 valence electrons. The molecule has 13 heteroatoms. The second kappa shape index (κ2) is 8.94. The zero-order valence-corrected chi connectivity index (χ0v) is 18.8. The van der Waals surface area contributed by atoms with E-state index < -0.39 is 17.1 Å². The fourth-order valence-electron chi connectivity index (χ4n) is 3.85. The number of nitrogens with one attached hydrogen (secondary N) is 1. The summed E-state index contributed by atoms with van der Waals surface area (Å²) in [6.07, 6.45) is 0.453. The Kier molecular flexibility index (Phi) is 6.21. The Morgan fingerprint density at radius 3 is 2.67 bits per heavy atom. The van der Waals surface area contributed by atoms with E-state index in [9.17, 15) is 18.5 Å². The van der Waals surface area contributed by atoms with Gasteiger partial charge in [-0.3, -0.25) is 0 Å². The average Bonchev–Trinajstić information content (AvgIpc) is 3.12. The summed E-state index contributed by atoms with van der Waals surface area (Å²) in [5.74, 6) is 0.539. The Labute approximate surface area is 191 Å². The normalized spacial score (nSPS) is 15.3. The van der Waals surface area contributed by atoms with Crippen LogP contribution in [0.3, 0.4) is 0 Å². The summed E-state index contributed by atoms with van der Waals surface area (Å²) in [5, 5.41) is 27.2. The van der Waals surface area contributed by atoms with Crippen molar-refractivity contribution in [2.45, 2.75) is 30.8 Å².